The minimum atomic E-state index is -2.79. The first-order valence-electron chi connectivity index (χ1n) is 4.16. The molecule has 0 aliphatic carbocycles. The smallest absolute Gasteiger partial charge is 0.271 e. The fourth-order valence-corrected chi connectivity index (χ4v) is 1.94. The fraction of sp³-hybridized carbons (Fsp3) is 1.00. The van der Waals surface area contributed by atoms with Gasteiger partial charge >= 0.3 is 0 Å². The molecule has 0 amide bonds. The number of hydrogen-bond acceptors (Lipinski definition) is 1. The first-order chi connectivity index (χ1) is 5.27. The van der Waals surface area contributed by atoms with Gasteiger partial charge in [-0.25, -0.2) is 10.2 Å². The van der Waals surface area contributed by atoms with Crippen LogP contribution in [0.15, 0.2) is 0 Å². The molecule has 0 aliphatic rings. The zero-order chi connectivity index (χ0) is 9.83. The summed E-state index contributed by atoms with van der Waals surface area (Å²) in [5, 5.41) is 5.54. The average Bonchev–Trinajstić information content (AvgIpc) is 1.83. The van der Waals surface area contributed by atoms with Gasteiger partial charge in [0.2, 0.25) is 0 Å². The highest BCUT2D eigenvalue weighted by molar-refractivity contribution is 7.57. The molecule has 0 saturated heterocycles. The Morgan fingerprint density at radius 1 is 1.33 bits per heavy atom. The van der Waals surface area contributed by atoms with Crippen molar-refractivity contribution >= 4 is 7.59 Å². The summed E-state index contributed by atoms with van der Waals surface area (Å²) in [6.45, 7) is 9.32. The second kappa shape index (κ2) is 4.38. The van der Waals surface area contributed by atoms with Gasteiger partial charge < -0.3 is 0 Å². The summed E-state index contributed by atoms with van der Waals surface area (Å²) >= 11 is 0. The van der Waals surface area contributed by atoms with Crippen molar-refractivity contribution in [3.63, 3.8) is 0 Å². The molecule has 0 spiro atoms. The quantitative estimate of drug-likeness (QED) is 0.589. The number of nitrogens with one attached hydrogen (secondary N) is 2. The van der Waals surface area contributed by atoms with Gasteiger partial charge in [0.15, 0.2) is 0 Å². The molecular weight excluding hydrogens is 173 g/mol. The lowest BCUT2D eigenvalue weighted by atomic mass is 9.98. The van der Waals surface area contributed by atoms with Gasteiger partial charge in [0.25, 0.3) is 7.59 Å². The summed E-state index contributed by atoms with van der Waals surface area (Å²) in [7, 11) is -2.79. The van der Waals surface area contributed by atoms with Gasteiger partial charge in [-0.15, -0.1) is 0 Å². The summed E-state index contributed by atoms with van der Waals surface area (Å²) in [5.41, 5.74) is 5.57. The lowest BCUT2D eigenvalue weighted by molar-refractivity contribution is 0.406. The van der Waals surface area contributed by atoms with Gasteiger partial charge in [-0.1, -0.05) is 27.7 Å². The Balaban J connectivity index is 3.84. The summed E-state index contributed by atoms with van der Waals surface area (Å²) < 4.78 is 11.4. The van der Waals surface area contributed by atoms with Crippen molar-refractivity contribution in [1.82, 2.24) is 10.2 Å². The summed E-state index contributed by atoms with van der Waals surface area (Å²) in [4.78, 5) is 0. The van der Waals surface area contributed by atoms with Crippen LogP contribution in [0.3, 0.4) is 0 Å². The van der Waals surface area contributed by atoms with Crippen LogP contribution in [0.2, 0.25) is 0 Å². The zero-order valence-electron chi connectivity index (χ0n) is 8.35. The Labute approximate surface area is 74.8 Å². The van der Waals surface area contributed by atoms with Crippen LogP contribution in [0, 0.1) is 5.41 Å². The van der Waals surface area contributed by atoms with E-state index in [1.165, 1.54) is 0 Å². The lowest BCUT2D eigenvalue weighted by Gasteiger charge is -2.22. The highest BCUT2D eigenvalue weighted by atomic mass is 31.2. The largest absolute Gasteiger partial charge is 0.276 e. The maximum atomic E-state index is 11.4. The van der Waals surface area contributed by atoms with Crippen LogP contribution in [-0.2, 0) is 4.57 Å². The van der Waals surface area contributed by atoms with E-state index in [1.54, 1.807) is 0 Å². The van der Waals surface area contributed by atoms with Gasteiger partial charge in [0.05, 0.1) is 0 Å². The predicted molar refractivity (Wildman–Crippen MR) is 52.9 cm³/mol. The van der Waals surface area contributed by atoms with Gasteiger partial charge in [-0.3, -0.25) is 10.1 Å². The summed E-state index contributed by atoms with van der Waals surface area (Å²) in [5.74, 6) is 0. The molecule has 0 aliphatic heterocycles. The van der Waals surface area contributed by atoms with E-state index in [0.29, 0.717) is 13.1 Å². The van der Waals surface area contributed by atoms with E-state index in [2.05, 4.69) is 30.9 Å². The SMILES string of the molecule is CCNP(N)(=O)NCC(C)(C)C. The fourth-order valence-electron chi connectivity index (χ4n) is 0.645. The van der Waals surface area contributed by atoms with Crippen molar-refractivity contribution in [3.05, 3.63) is 0 Å². The molecule has 0 aromatic rings. The van der Waals surface area contributed by atoms with Crippen molar-refractivity contribution in [2.24, 2.45) is 10.9 Å². The second-order valence-corrected chi connectivity index (χ2v) is 6.01. The van der Waals surface area contributed by atoms with Gasteiger partial charge in [0.1, 0.15) is 0 Å². The van der Waals surface area contributed by atoms with Crippen molar-refractivity contribution in [3.8, 4) is 0 Å². The van der Waals surface area contributed by atoms with Crippen molar-refractivity contribution in [2.45, 2.75) is 27.7 Å². The van der Waals surface area contributed by atoms with Crippen LogP contribution >= 0.6 is 7.59 Å². The van der Waals surface area contributed by atoms with E-state index < -0.39 is 7.59 Å². The molecule has 0 radical (unpaired) electrons. The van der Waals surface area contributed by atoms with Crippen LogP contribution < -0.4 is 15.7 Å². The van der Waals surface area contributed by atoms with E-state index in [4.69, 9.17) is 5.50 Å². The Hall–Kier alpha value is 0.110. The van der Waals surface area contributed by atoms with Crippen LogP contribution in [0.5, 0.6) is 0 Å². The number of nitrogens with two attached hydrogens (primary N) is 1. The molecule has 0 heterocycles. The normalized spacial score (nSPS) is 17.4. The Bertz CT molecular complexity index is 176. The lowest BCUT2D eigenvalue weighted by Crippen LogP contribution is -2.33. The highest BCUT2D eigenvalue weighted by Crippen LogP contribution is 2.26. The molecular formula is C7H20N3OP. The van der Waals surface area contributed by atoms with Gasteiger partial charge in [0, 0.05) is 13.1 Å². The van der Waals surface area contributed by atoms with Crippen LogP contribution in [0.4, 0.5) is 0 Å². The summed E-state index contributed by atoms with van der Waals surface area (Å²) in [6.07, 6.45) is 0. The maximum Gasteiger partial charge on any atom is 0.276 e. The molecule has 4 nitrogen and oxygen atoms in total. The number of rotatable bonds is 4. The topological polar surface area (TPSA) is 67.1 Å². The molecule has 1 unspecified atom stereocenters. The zero-order valence-corrected chi connectivity index (χ0v) is 9.24. The minimum Gasteiger partial charge on any atom is -0.271 e. The molecule has 0 saturated carbocycles. The Morgan fingerprint density at radius 3 is 2.17 bits per heavy atom. The molecule has 74 valence electrons. The first-order valence-corrected chi connectivity index (χ1v) is 5.93. The van der Waals surface area contributed by atoms with E-state index in [1.807, 2.05) is 6.92 Å². The second-order valence-electron chi connectivity index (χ2n) is 4.07. The summed E-state index contributed by atoms with van der Waals surface area (Å²) in [6, 6.07) is 0. The van der Waals surface area contributed by atoms with Crippen molar-refractivity contribution < 1.29 is 4.57 Å². The predicted octanol–water partition coefficient (Wildman–Crippen LogP) is 1.30. The third kappa shape index (κ3) is 6.80. The first kappa shape index (κ1) is 12.1. The Kier molecular flexibility index (Phi) is 4.42. The molecule has 0 aromatic heterocycles. The molecule has 5 heteroatoms. The Morgan fingerprint density at radius 2 is 1.83 bits per heavy atom. The minimum absolute atomic E-state index is 0.102. The molecule has 4 N–H and O–H groups in total. The molecule has 0 aromatic carbocycles. The molecule has 0 rings (SSSR count). The van der Waals surface area contributed by atoms with E-state index in [9.17, 15) is 4.57 Å². The molecule has 0 fully saturated rings. The van der Waals surface area contributed by atoms with E-state index in [0.717, 1.165) is 0 Å². The van der Waals surface area contributed by atoms with Crippen molar-refractivity contribution in [2.75, 3.05) is 13.1 Å². The third-order valence-corrected chi connectivity index (χ3v) is 2.65. The van der Waals surface area contributed by atoms with E-state index >= 15 is 0 Å². The van der Waals surface area contributed by atoms with Gasteiger partial charge in [-0.2, -0.15) is 0 Å². The van der Waals surface area contributed by atoms with Crippen molar-refractivity contribution in [1.29, 1.82) is 0 Å². The highest BCUT2D eigenvalue weighted by Gasteiger charge is 2.17. The standard InChI is InChI=1S/C7H20N3OP/c1-5-9-12(8,11)10-6-7(2,3)4/h5-6H2,1-4H3,(H4,8,9,10,11). The molecule has 1 atom stereocenters. The molecule has 12 heavy (non-hydrogen) atoms. The van der Waals surface area contributed by atoms with Crippen LogP contribution in [0.25, 0.3) is 0 Å². The molecule has 0 bridgehead atoms. The number of hydrogen-bond donors (Lipinski definition) is 3. The van der Waals surface area contributed by atoms with Crippen LogP contribution in [-0.4, -0.2) is 13.1 Å². The van der Waals surface area contributed by atoms with E-state index in [-0.39, 0.29) is 5.41 Å². The average molecular weight is 193 g/mol. The van der Waals surface area contributed by atoms with Crippen LogP contribution in [0.1, 0.15) is 27.7 Å². The van der Waals surface area contributed by atoms with Gasteiger partial charge in [-0.05, 0) is 5.41 Å². The maximum absolute atomic E-state index is 11.4. The third-order valence-electron chi connectivity index (χ3n) is 1.24. The monoisotopic (exact) mass is 193 g/mol.